The molecule has 0 atom stereocenters. The minimum absolute atomic E-state index is 0.0802. The first-order valence-electron chi connectivity index (χ1n) is 5.27. The first kappa shape index (κ1) is 13.4. The van der Waals surface area contributed by atoms with Crippen molar-refractivity contribution in [2.45, 2.75) is 37.9 Å². The second-order valence-electron chi connectivity index (χ2n) is 4.71. The van der Waals surface area contributed by atoms with Crippen LogP contribution in [-0.2, 0) is 10.1 Å². The van der Waals surface area contributed by atoms with E-state index >= 15 is 0 Å². The lowest BCUT2D eigenvalue weighted by molar-refractivity contribution is 0.484. The zero-order chi connectivity index (χ0) is 12.6. The van der Waals surface area contributed by atoms with Crippen molar-refractivity contribution in [3.8, 4) is 0 Å². The van der Waals surface area contributed by atoms with Crippen molar-refractivity contribution in [1.29, 1.82) is 0 Å². The largest absolute Gasteiger partial charge is 0.294 e. The van der Waals surface area contributed by atoms with Gasteiger partial charge in [0.05, 0.1) is 13.0 Å². The van der Waals surface area contributed by atoms with Crippen molar-refractivity contribution in [1.82, 2.24) is 0 Å². The highest BCUT2D eigenvalue weighted by molar-refractivity contribution is 7.86. The van der Waals surface area contributed by atoms with Crippen molar-refractivity contribution in [3.05, 3.63) is 23.8 Å². The van der Waals surface area contributed by atoms with Gasteiger partial charge in [-0.1, -0.05) is 43.8 Å². The molecule has 0 amide bonds. The van der Waals surface area contributed by atoms with E-state index in [1.807, 2.05) is 13.0 Å². The molecule has 0 radical (unpaired) electrons. The van der Waals surface area contributed by atoms with Gasteiger partial charge in [0.15, 0.2) is 0 Å². The van der Waals surface area contributed by atoms with Gasteiger partial charge in [-0.2, -0.15) is 8.42 Å². The van der Waals surface area contributed by atoms with E-state index in [0.717, 1.165) is 16.8 Å². The zero-order valence-corrected chi connectivity index (χ0v) is 11.9. The predicted molar refractivity (Wildman–Crippen MR) is 68.6 cm³/mol. The molecule has 0 spiro atoms. The quantitative estimate of drug-likeness (QED) is 0.668. The summed E-state index contributed by atoms with van der Waals surface area (Å²) in [5.41, 5.74) is 1.02. The standard InChI is InChI=1S/C11H18O3SSi/c1-5-16(3,4)11-8-9(2)6-7-10(11)15(12,13)14/h6-8H,5H2,1-4H3,(H,12,13,14). The average Bonchev–Trinajstić information content (AvgIpc) is 2.15. The van der Waals surface area contributed by atoms with Gasteiger partial charge in [-0.05, 0) is 18.2 Å². The number of benzene rings is 1. The fourth-order valence-corrected chi connectivity index (χ4v) is 5.13. The number of hydrogen-bond acceptors (Lipinski definition) is 2. The molecule has 0 aliphatic heterocycles. The molecule has 0 fully saturated rings. The Bertz CT molecular complexity index is 492. The van der Waals surface area contributed by atoms with Crippen LogP contribution in [0.2, 0.25) is 19.1 Å². The van der Waals surface area contributed by atoms with E-state index in [9.17, 15) is 13.0 Å². The van der Waals surface area contributed by atoms with Gasteiger partial charge in [0.2, 0.25) is 0 Å². The molecule has 0 bridgehead atoms. The van der Waals surface area contributed by atoms with Crippen molar-refractivity contribution in [3.63, 3.8) is 0 Å². The van der Waals surface area contributed by atoms with Crippen LogP contribution in [0.3, 0.4) is 0 Å². The Labute approximate surface area is 98.3 Å². The Hall–Kier alpha value is -0.653. The van der Waals surface area contributed by atoms with Crippen LogP contribution in [0.1, 0.15) is 12.5 Å². The lowest BCUT2D eigenvalue weighted by Crippen LogP contribution is -2.43. The van der Waals surface area contributed by atoms with Crippen LogP contribution < -0.4 is 5.19 Å². The van der Waals surface area contributed by atoms with Gasteiger partial charge in [-0.25, -0.2) is 0 Å². The van der Waals surface area contributed by atoms with Crippen molar-refractivity contribution < 1.29 is 13.0 Å². The van der Waals surface area contributed by atoms with E-state index in [0.29, 0.717) is 0 Å². The average molecular weight is 258 g/mol. The van der Waals surface area contributed by atoms with Gasteiger partial charge in [0.1, 0.15) is 0 Å². The fraction of sp³-hybridized carbons (Fsp3) is 0.455. The minimum Gasteiger partial charge on any atom is -0.282 e. The van der Waals surface area contributed by atoms with Crippen LogP contribution in [0.5, 0.6) is 0 Å². The Morgan fingerprint density at radius 3 is 2.31 bits per heavy atom. The summed E-state index contributed by atoms with van der Waals surface area (Å²) in [7, 11) is -5.89. The molecule has 0 aliphatic rings. The Morgan fingerprint density at radius 1 is 1.31 bits per heavy atom. The molecule has 0 saturated heterocycles. The van der Waals surface area contributed by atoms with E-state index in [1.54, 1.807) is 6.07 Å². The summed E-state index contributed by atoms with van der Waals surface area (Å²) >= 11 is 0. The van der Waals surface area contributed by atoms with Crippen LogP contribution in [-0.4, -0.2) is 21.0 Å². The maximum Gasteiger partial charge on any atom is 0.294 e. The molecule has 1 aromatic carbocycles. The Balaban J connectivity index is 3.54. The summed E-state index contributed by atoms with van der Waals surface area (Å²) in [5.74, 6) is 0. The first-order valence-corrected chi connectivity index (χ1v) is 9.92. The molecular formula is C11H18O3SSi. The molecular weight excluding hydrogens is 240 g/mol. The van der Waals surface area contributed by atoms with Crippen LogP contribution >= 0.6 is 0 Å². The molecule has 1 N–H and O–H groups in total. The third kappa shape index (κ3) is 2.72. The van der Waals surface area contributed by atoms with Gasteiger partial charge in [0.25, 0.3) is 10.1 Å². The van der Waals surface area contributed by atoms with Crippen LogP contribution in [0.15, 0.2) is 23.1 Å². The Morgan fingerprint density at radius 2 is 1.88 bits per heavy atom. The highest BCUT2D eigenvalue weighted by Crippen LogP contribution is 2.16. The molecule has 0 aromatic heterocycles. The number of hydrogen-bond donors (Lipinski definition) is 1. The summed E-state index contributed by atoms with van der Waals surface area (Å²) in [6, 6.07) is 6.05. The molecule has 90 valence electrons. The molecule has 0 heterocycles. The highest BCUT2D eigenvalue weighted by atomic mass is 32.2. The third-order valence-electron chi connectivity index (χ3n) is 3.03. The van der Waals surface area contributed by atoms with Gasteiger partial charge in [0, 0.05) is 0 Å². The van der Waals surface area contributed by atoms with E-state index in [2.05, 4.69) is 20.0 Å². The molecule has 0 unspecified atom stereocenters. The topological polar surface area (TPSA) is 54.4 Å². The van der Waals surface area contributed by atoms with E-state index in [1.165, 1.54) is 6.07 Å². The normalized spacial score (nSPS) is 12.8. The molecule has 0 aliphatic carbocycles. The lowest BCUT2D eigenvalue weighted by Gasteiger charge is -2.23. The summed E-state index contributed by atoms with van der Waals surface area (Å²) < 4.78 is 31.8. The summed E-state index contributed by atoms with van der Waals surface area (Å²) in [6.07, 6.45) is 0. The highest BCUT2D eigenvalue weighted by Gasteiger charge is 2.28. The lowest BCUT2D eigenvalue weighted by atomic mass is 10.2. The van der Waals surface area contributed by atoms with Gasteiger partial charge in [-0.15, -0.1) is 0 Å². The number of rotatable bonds is 3. The Kier molecular flexibility index (Phi) is 3.61. The maximum atomic E-state index is 11.3. The van der Waals surface area contributed by atoms with Crippen LogP contribution in [0, 0.1) is 6.92 Å². The predicted octanol–water partition coefficient (Wildman–Crippen LogP) is 2.18. The first-order chi connectivity index (χ1) is 7.18. The van der Waals surface area contributed by atoms with Crippen molar-refractivity contribution >= 4 is 23.4 Å². The van der Waals surface area contributed by atoms with Crippen LogP contribution in [0.25, 0.3) is 0 Å². The van der Waals surface area contributed by atoms with Crippen LogP contribution in [0.4, 0.5) is 0 Å². The van der Waals surface area contributed by atoms with Gasteiger partial charge < -0.3 is 0 Å². The third-order valence-corrected chi connectivity index (χ3v) is 7.76. The van der Waals surface area contributed by atoms with Crippen molar-refractivity contribution in [2.75, 3.05) is 0 Å². The van der Waals surface area contributed by atoms with Gasteiger partial charge >= 0.3 is 0 Å². The fourth-order valence-electron chi connectivity index (χ4n) is 1.59. The van der Waals surface area contributed by atoms with Crippen molar-refractivity contribution in [2.24, 2.45) is 0 Å². The maximum absolute atomic E-state index is 11.3. The SMILES string of the molecule is CC[Si](C)(C)c1cc(C)ccc1S(=O)(=O)O. The van der Waals surface area contributed by atoms with E-state index < -0.39 is 18.2 Å². The number of aryl methyl sites for hydroxylation is 1. The molecule has 0 saturated carbocycles. The summed E-state index contributed by atoms with van der Waals surface area (Å²) in [6.45, 7) is 8.20. The molecule has 16 heavy (non-hydrogen) atoms. The monoisotopic (exact) mass is 258 g/mol. The molecule has 5 heteroatoms. The zero-order valence-electron chi connectivity index (χ0n) is 10.1. The van der Waals surface area contributed by atoms with E-state index in [4.69, 9.17) is 0 Å². The second kappa shape index (κ2) is 4.31. The summed E-state index contributed by atoms with van der Waals surface area (Å²) in [5, 5.41) is 0.817. The minimum atomic E-state index is -4.11. The summed E-state index contributed by atoms with van der Waals surface area (Å²) in [4.78, 5) is 0.0802. The second-order valence-corrected chi connectivity index (χ2v) is 11.1. The molecule has 3 nitrogen and oxygen atoms in total. The molecule has 1 rings (SSSR count). The smallest absolute Gasteiger partial charge is 0.282 e. The molecule has 1 aromatic rings. The van der Waals surface area contributed by atoms with Gasteiger partial charge in [-0.3, -0.25) is 4.55 Å². The van der Waals surface area contributed by atoms with E-state index in [-0.39, 0.29) is 4.90 Å².